The molecule has 0 spiro atoms. The molecular formula is C14H15N3O6S2. The third kappa shape index (κ3) is 4.67. The molecule has 134 valence electrons. The van der Waals surface area contributed by atoms with Gasteiger partial charge in [-0.2, -0.15) is 0 Å². The fourth-order valence-electron chi connectivity index (χ4n) is 1.89. The Morgan fingerprint density at radius 3 is 2.64 bits per heavy atom. The number of hydrogen-bond acceptors (Lipinski definition) is 7. The number of benzene rings is 1. The first kappa shape index (κ1) is 18.7. The molecule has 2 aromatic rings. The van der Waals surface area contributed by atoms with Gasteiger partial charge in [0.2, 0.25) is 5.91 Å². The molecule has 1 aromatic heterocycles. The van der Waals surface area contributed by atoms with Crippen molar-refractivity contribution in [2.24, 2.45) is 0 Å². The normalized spacial score (nSPS) is 11.0. The van der Waals surface area contributed by atoms with E-state index in [9.17, 15) is 23.3 Å². The van der Waals surface area contributed by atoms with Crippen molar-refractivity contribution in [3.05, 3.63) is 45.3 Å². The van der Waals surface area contributed by atoms with E-state index in [2.05, 4.69) is 10.0 Å². The highest BCUT2D eigenvalue weighted by Crippen LogP contribution is 2.32. The van der Waals surface area contributed by atoms with E-state index in [1.165, 1.54) is 32.2 Å². The number of ether oxygens (including phenoxy) is 1. The van der Waals surface area contributed by atoms with Gasteiger partial charge < -0.3 is 10.1 Å². The monoisotopic (exact) mass is 385 g/mol. The van der Waals surface area contributed by atoms with E-state index in [-0.39, 0.29) is 33.8 Å². The van der Waals surface area contributed by atoms with Gasteiger partial charge in [0, 0.05) is 23.9 Å². The molecule has 25 heavy (non-hydrogen) atoms. The van der Waals surface area contributed by atoms with E-state index in [4.69, 9.17) is 4.74 Å². The molecule has 9 nitrogen and oxygen atoms in total. The van der Waals surface area contributed by atoms with Crippen molar-refractivity contribution in [3.8, 4) is 5.75 Å². The molecule has 0 bridgehead atoms. The van der Waals surface area contributed by atoms with Gasteiger partial charge in [-0.15, -0.1) is 11.3 Å². The molecule has 0 aliphatic carbocycles. The van der Waals surface area contributed by atoms with Crippen molar-refractivity contribution in [2.75, 3.05) is 11.8 Å². The van der Waals surface area contributed by atoms with Gasteiger partial charge in [-0.25, -0.2) is 8.42 Å². The second-order valence-corrected chi connectivity index (χ2v) is 7.96. The maximum Gasteiger partial charge on any atom is 0.271 e. The molecule has 1 aromatic carbocycles. The van der Waals surface area contributed by atoms with E-state index in [0.717, 1.165) is 17.4 Å². The first-order valence-corrected chi connectivity index (χ1v) is 9.21. The minimum absolute atomic E-state index is 0.0152. The number of carbonyl (C=O) groups is 1. The number of carbonyl (C=O) groups excluding carboxylic acids is 1. The van der Waals surface area contributed by atoms with Crippen LogP contribution in [0.5, 0.6) is 5.75 Å². The minimum atomic E-state index is -3.95. The maximum atomic E-state index is 12.5. The number of nitrogens with zero attached hydrogens (tertiary/aromatic N) is 1. The van der Waals surface area contributed by atoms with Crippen molar-refractivity contribution in [2.45, 2.75) is 17.7 Å². The summed E-state index contributed by atoms with van der Waals surface area (Å²) in [6.45, 7) is 1.58. The number of anilines is 1. The summed E-state index contributed by atoms with van der Waals surface area (Å²) >= 11 is 0.985. The molecule has 1 heterocycles. The van der Waals surface area contributed by atoms with Crippen LogP contribution in [0, 0.1) is 10.1 Å². The molecule has 0 aliphatic rings. The first-order chi connectivity index (χ1) is 11.7. The van der Waals surface area contributed by atoms with Gasteiger partial charge in [0.15, 0.2) is 0 Å². The number of thiophene rings is 1. The summed E-state index contributed by atoms with van der Waals surface area (Å²) in [6.07, 6.45) is 0. The fourth-order valence-corrected chi connectivity index (χ4v) is 4.25. The Balaban J connectivity index is 2.28. The predicted molar refractivity (Wildman–Crippen MR) is 92.3 cm³/mol. The number of sulfonamides is 1. The Hall–Kier alpha value is -2.66. The zero-order valence-corrected chi connectivity index (χ0v) is 14.9. The lowest BCUT2D eigenvalue weighted by Crippen LogP contribution is -2.18. The standard InChI is InChI=1S/C14H15N3O6S2/c1-9(18)15-8-11-4-6-14(24-11)25(21,22)16-12-7-10(17(19)20)3-5-13(12)23-2/h3-7,16H,8H2,1-2H3,(H,15,18). The second kappa shape index (κ2) is 7.49. The second-order valence-electron chi connectivity index (χ2n) is 4.88. The van der Waals surface area contributed by atoms with Crippen molar-refractivity contribution in [1.82, 2.24) is 5.32 Å². The Kier molecular flexibility index (Phi) is 5.59. The van der Waals surface area contributed by atoms with Gasteiger partial charge in [0.05, 0.1) is 24.3 Å². The molecule has 2 N–H and O–H groups in total. The van der Waals surface area contributed by atoms with Crippen LogP contribution in [-0.4, -0.2) is 26.4 Å². The van der Waals surface area contributed by atoms with Gasteiger partial charge in [-0.3, -0.25) is 19.6 Å². The maximum absolute atomic E-state index is 12.5. The van der Waals surface area contributed by atoms with Crippen molar-refractivity contribution < 1.29 is 22.9 Å². The number of nitro benzene ring substituents is 1. The van der Waals surface area contributed by atoms with E-state index < -0.39 is 14.9 Å². The van der Waals surface area contributed by atoms with E-state index in [1.54, 1.807) is 6.07 Å². The molecule has 1 amide bonds. The quantitative estimate of drug-likeness (QED) is 0.555. The Bertz CT molecular complexity index is 907. The summed E-state index contributed by atoms with van der Waals surface area (Å²) in [7, 11) is -2.62. The van der Waals surface area contributed by atoms with Gasteiger partial charge >= 0.3 is 0 Å². The fraction of sp³-hybridized carbons (Fsp3) is 0.214. The highest BCUT2D eigenvalue weighted by Gasteiger charge is 2.21. The molecule has 0 fully saturated rings. The van der Waals surface area contributed by atoms with Crippen molar-refractivity contribution in [3.63, 3.8) is 0 Å². The summed E-state index contributed by atoms with van der Waals surface area (Å²) < 4.78 is 32.3. The smallest absolute Gasteiger partial charge is 0.271 e. The SMILES string of the molecule is COc1ccc([N+](=O)[O-])cc1NS(=O)(=O)c1ccc(CNC(C)=O)s1. The van der Waals surface area contributed by atoms with Crippen LogP contribution in [0.25, 0.3) is 0 Å². The highest BCUT2D eigenvalue weighted by molar-refractivity contribution is 7.94. The van der Waals surface area contributed by atoms with Crippen LogP contribution < -0.4 is 14.8 Å². The molecule has 0 aliphatic heterocycles. The number of methoxy groups -OCH3 is 1. The lowest BCUT2D eigenvalue weighted by Gasteiger charge is -2.10. The number of non-ortho nitro benzene ring substituents is 1. The lowest BCUT2D eigenvalue weighted by atomic mass is 10.2. The average Bonchev–Trinajstić information content (AvgIpc) is 3.02. The van der Waals surface area contributed by atoms with Crippen LogP contribution >= 0.6 is 11.3 Å². The summed E-state index contributed by atoms with van der Waals surface area (Å²) in [4.78, 5) is 21.8. The lowest BCUT2D eigenvalue weighted by molar-refractivity contribution is -0.384. The summed E-state index contributed by atoms with van der Waals surface area (Å²) in [5.41, 5.74) is -0.301. The minimum Gasteiger partial charge on any atom is -0.495 e. The summed E-state index contributed by atoms with van der Waals surface area (Å²) in [5, 5.41) is 13.4. The molecule has 11 heteroatoms. The average molecular weight is 385 g/mol. The molecule has 0 saturated carbocycles. The predicted octanol–water partition coefficient (Wildman–Crippen LogP) is 2.10. The first-order valence-electron chi connectivity index (χ1n) is 6.91. The number of nitrogens with one attached hydrogen (secondary N) is 2. The molecule has 0 unspecified atom stereocenters. The Morgan fingerprint density at radius 2 is 2.04 bits per heavy atom. The number of hydrogen-bond donors (Lipinski definition) is 2. The number of rotatable bonds is 7. The topological polar surface area (TPSA) is 128 Å². The van der Waals surface area contributed by atoms with Gasteiger partial charge in [-0.1, -0.05) is 0 Å². The van der Waals surface area contributed by atoms with Crippen LogP contribution in [0.1, 0.15) is 11.8 Å². The molecule has 0 atom stereocenters. The van der Waals surface area contributed by atoms with E-state index in [1.807, 2.05) is 0 Å². The number of amides is 1. The molecule has 0 radical (unpaired) electrons. The largest absolute Gasteiger partial charge is 0.495 e. The molecule has 0 saturated heterocycles. The summed E-state index contributed by atoms with van der Waals surface area (Å²) in [6, 6.07) is 6.59. The highest BCUT2D eigenvalue weighted by atomic mass is 32.2. The van der Waals surface area contributed by atoms with Crippen molar-refractivity contribution in [1.29, 1.82) is 0 Å². The molecule has 2 rings (SSSR count). The zero-order chi connectivity index (χ0) is 18.6. The van der Waals surface area contributed by atoms with E-state index in [0.29, 0.717) is 4.88 Å². The van der Waals surface area contributed by atoms with E-state index >= 15 is 0 Å². The van der Waals surface area contributed by atoms with Crippen molar-refractivity contribution >= 4 is 38.6 Å². The third-order valence-corrected chi connectivity index (χ3v) is 5.99. The molecular weight excluding hydrogens is 370 g/mol. The Morgan fingerprint density at radius 1 is 1.32 bits per heavy atom. The summed E-state index contributed by atoms with van der Waals surface area (Å²) in [5.74, 6) is -0.0681. The third-order valence-electron chi connectivity index (χ3n) is 3.05. The van der Waals surface area contributed by atoms with Crippen LogP contribution in [-0.2, 0) is 21.4 Å². The van der Waals surface area contributed by atoms with Gasteiger partial charge in [-0.05, 0) is 18.2 Å². The van der Waals surface area contributed by atoms with Gasteiger partial charge in [0.25, 0.3) is 15.7 Å². The Labute approximate surface area is 147 Å². The van der Waals surface area contributed by atoms with Gasteiger partial charge in [0.1, 0.15) is 9.96 Å². The van der Waals surface area contributed by atoms with Crippen LogP contribution in [0.15, 0.2) is 34.5 Å². The number of nitro groups is 1. The zero-order valence-electron chi connectivity index (χ0n) is 13.3. The van der Waals surface area contributed by atoms with Crippen LogP contribution in [0.4, 0.5) is 11.4 Å². The van der Waals surface area contributed by atoms with Crippen LogP contribution in [0.3, 0.4) is 0 Å². The van der Waals surface area contributed by atoms with Crippen LogP contribution in [0.2, 0.25) is 0 Å².